The summed E-state index contributed by atoms with van der Waals surface area (Å²) >= 11 is 0. The predicted octanol–water partition coefficient (Wildman–Crippen LogP) is 1.09. The highest BCUT2D eigenvalue weighted by molar-refractivity contribution is 7.84. The van der Waals surface area contributed by atoms with Crippen LogP contribution >= 0.6 is 0 Å². The second-order valence-corrected chi connectivity index (χ2v) is 6.15. The van der Waals surface area contributed by atoms with Gasteiger partial charge in [-0.15, -0.1) is 0 Å². The molecular weight excluding hydrogens is 236 g/mol. The summed E-state index contributed by atoms with van der Waals surface area (Å²) < 4.78 is 11.1. The Morgan fingerprint density at radius 1 is 1.41 bits per heavy atom. The van der Waals surface area contributed by atoms with Crippen LogP contribution in [0.3, 0.4) is 0 Å². The van der Waals surface area contributed by atoms with Crippen molar-refractivity contribution in [3.05, 3.63) is 0 Å². The maximum atomic E-state index is 12.2. The quantitative estimate of drug-likeness (QED) is 0.745. The Balaban J connectivity index is 2.55. The highest BCUT2D eigenvalue weighted by Crippen LogP contribution is 2.17. The summed E-state index contributed by atoms with van der Waals surface area (Å²) in [6.45, 7) is 4.81. The third kappa shape index (κ3) is 4.07. The van der Waals surface area contributed by atoms with Gasteiger partial charge >= 0.3 is 0 Å². The Labute approximate surface area is 107 Å². The molecular formula is C12H24N2O2S. The van der Waals surface area contributed by atoms with Gasteiger partial charge in [-0.3, -0.25) is 14.3 Å². The number of carbonyl (C=O) groups is 1. The third-order valence-electron chi connectivity index (χ3n) is 3.20. The summed E-state index contributed by atoms with van der Waals surface area (Å²) in [6, 6.07) is -0.0230. The number of hydrogen-bond acceptors (Lipinski definition) is 3. The second kappa shape index (κ2) is 7.11. The molecule has 1 N–H and O–H groups in total. The average Bonchev–Trinajstić information content (AvgIpc) is 2.60. The second-order valence-electron chi connectivity index (χ2n) is 4.59. The van der Waals surface area contributed by atoms with Gasteiger partial charge in [0.2, 0.25) is 5.91 Å². The molecule has 1 heterocycles. The van der Waals surface area contributed by atoms with E-state index in [9.17, 15) is 9.00 Å². The predicted molar refractivity (Wildman–Crippen MR) is 71.2 cm³/mol. The molecule has 1 fully saturated rings. The molecule has 1 aliphatic rings. The Morgan fingerprint density at radius 2 is 2.12 bits per heavy atom. The molecule has 0 aromatic heterocycles. The lowest BCUT2D eigenvalue weighted by molar-refractivity contribution is -0.129. The Bertz CT molecular complexity index is 284. The van der Waals surface area contributed by atoms with Crippen molar-refractivity contribution < 1.29 is 9.00 Å². The summed E-state index contributed by atoms with van der Waals surface area (Å²) in [5.41, 5.74) is 0. The minimum atomic E-state index is -0.832. The van der Waals surface area contributed by atoms with Crippen LogP contribution in [0.25, 0.3) is 0 Å². The van der Waals surface area contributed by atoms with E-state index in [1.165, 1.54) is 0 Å². The first-order valence-electron chi connectivity index (χ1n) is 6.46. The molecule has 0 radical (unpaired) electrons. The van der Waals surface area contributed by atoms with E-state index in [-0.39, 0.29) is 18.1 Å². The van der Waals surface area contributed by atoms with Crippen LogP contribution in [0.1, 0.15) is 39.5 Å². The standard InChI is InChI=1S/C12H24N2O2S/c1-4-6-7-10-12(15)14(8-9-17(3)16)11(5-2)13-10/h10-11,13H,4-9H2,1-3H3. The van der Waals surface area contributed by atoms with E-state index in [1.807, 2.05) is 4.90 Å². The van der Waals surface area contributed by atoms with Gasteiger partial charge in [0.25, 0.3) is 0 Å². The van der Waals surface area contributed by atoms with Crippen molar-refractivity contribution in [3.8, 4) is 0 Å². The van der Waals surface area contributed by atoms with Gasteiger partial charge in [-0.1, -0.05) is 26.7 Å². The molecule has 1 amide bonds. The van der Waals surface area contributed by atoms with Crippen LogP contribution < -0.4 is 5.32 Å². The maximum Gasteiger partial charge on any atom is 0.241 e. The van der Waals surface area contributed by atoms with Crippen molar-refractivity contribution in [1.82, 2.24) is 10.2 Å². The van der Waals surface area contributed by atoms with Gasteiger partial charge in [0.05, 0.1) is 12.2 Å². The SMILES string of the molecule is CCCCC1NC(CC)N(CCS(C)=O)C1=O. The summed E-state index contributed by atoms with van der Waals surface area (Å²) in [7, 11) is -0.832. The highest BCUT2D eigenvalue weighted by Gasteiger charge is 2.36. The topological polar surface area (TPSA) is 49.4 Å². The Kier molecular flexibility index (Phi) is 6.12. The molecule has 1 aliphatic heterocycles. The summed E-state index contributed by atoms with van der Waals surface area (Å²) in [5.74, 6) is 0.764. The highest BCUT2D eigenvalue weighted by atomic mass is 32.2. The number of rotatable bonds is 7. The molecule has 0 aliphatic carbocycles. The summed E-state index contributed by atoms with van der Waals surface area (Å²) in [6.07, 6.45) is 5.83. The number of nitrogens with zero attached hydrogens (tertiary/aromatic N) is 1. The van der Waals surface area contributed by atoms with Crippen molar-refractivity contribution >= 4 is 16.7 Å². The first-order valence-corrected chi connectivity index (χ1v) is 8.19. The van der Waals surface area contributed by atoms with Crippen molar-refractivity contribution in [2.24, 2.45) is 0 Å². The lowest BCUT2D eigenvalue weighted by Gasteiger charge is -2.22. The van der Waals surface area contributed by atoms with Crippen molar-refractivity contribution in [1.29, 1.82) is 0 Å². The van der Waals surface area contributed by atoms with Crippen molar-refractivity contribution in [2.45, 2.75) is 51.7 Å². The normalized spacial score (nSPS) is 26.5. The lowest BCUT2D eigenvalue weighted by Crippen LogP contribution is -2.39. The molecule has 3 unspecified atom stereocenters. The van der Waals surface area contributed by atoms with E-state index in [2.05, 4.69) is 19.2 Å². The Morgan fingerprint density at radius 3 is 2.65 bits per heavy atom. The van der Waals surface area contributed by atoms with Crippen LogP contribution in [0.5, 0.6) is 0 Å². The van der Waals surface area contributed by atoms with Gasteiger partial charge in [-0.05, 0) is 12.8 Å². The molecule has 4 nitrogen and oxygen atoms in total. The lowest BCUT2D eigenvalue weighted by atomic mass is 10.1. The number of amides is 1. The van der Waals surface area contributed by atoms with Crippen LogP contribution in [-0.2, 0) is 15.6 Å². The fourth-order valence-electron chi connectivity index (χ4n) is 2.19. The molecule has 0 spiro atoms. The molecule has 1 rings (SSSR count). The monoisotopic (exact) mass is 260 g/mol. The third-order valence-corrected chi connectivity index (χ3v) is 3.96. The van der Waals surface area contributed by atoms with Gasteiger partial charge in [0, 0.05) is 29.4 Å². The Hall–Kier alpha value is -0.420. The van der Waals surface area contributed by atoms with E-state index < -0.39 is 10.8 Å². The molecule has 17 heavy (non-hydrogen) atoms. The minimum Gasteiger partial charge on any atom is -0.325 e. The first kappa shape index (κ1) is 14.6. The van der Waals surface area contributed by atoms with Crippen LogP contribution in [0.2, 0.25) is 0 Å². The number of nitrogens with one attached hydrogen (secondary N) is 1. The van der Waals surface area contributed by atoms with Crippen molar-refractivity contribution in [3.63, 3.8) is 0 Å². The maximum absolute atomic E-state index is 12.2. The average molecular weight is 260 g/mol. The zero-order valence-corrected chi connectivity index (χ0v) is 11.9. The summed E-state index contributed by atoms with van der Waals surface area (Å²) in [4.78, 5) is 14.0. The van der Waals surface area contributed by atoms with Crippen LogP contribution in [0.15, 0.2) is 0 Å². The molecule has 0 saturated carbocycles. The molecule has 1 saturated heterocycles. The van der Waals surface area contributed by atoms with E-state index in [0.29, 0.717) is 12.3 Å². The first-order chi connectivity index (χ1) is 8.10. The van der Waals surface area contributed by atoms with Gasteiger partial charge in [0.1, 0.15) is 0 Å². The van der Waals surface area contributed by atoms with Crippen molar-refractivity contribution in [2.75, 3.05) is 18.6 Å². The summed E-state index contributed by atoms with van der Waals surface area (Å²) in [5, 5.41) is 3.38. The molecule has 5 heteroatoms. The molecule has 0 bridgehead atoms. The molecule has 0 aromatic carbocycles. The van der Waals surface area contributed by atoms with Crippen LogP contribution in [-0.4, -0.2) is 45.8 Å². The fraction of sp³-hybridized carbons (Fsp3) is 0.917. The molecule has 0 aromatic rings. The van der Waals surface area contributed by atoms with E-state index in [4.69, 9.17) is 0 Å². The zero-order valence-electron chi connectivity index (χ0n) is 11.1. The minimum absolute atomic E-state index is 0.0230. The zero-order chi connectivity index (χ0) is 12.8. The van der Waals surface area contributed by atoms with Gasteiger partial charge in [0.15, 0.2) is 0 Å². The van der Waals surface area contributed by atoms with Gasteiger partial charge in [-0.25, -0.2) is 0 Å². The van der Waals surface area contributed by atoms with Gasteiger partial charge < -0.3 is 4.90 Å². The molecule has 3 atom stereocenters. The number of unbranched alkanes of at least 4 members (excludes halogenated alkanes) is 1. The van der Waals surface area contributed by atoms with Gasteiger partial charge in [-0.2, -0.15) is 0 Å². The van der Waals surface area contributed by atoms with E-state index >= 15 is 0 Å². The van der Waals surface area contributed by atoms with E-state index in [1.54, 1.807) is 6.26 Å². The number of carbonyl (C=O) groups excluding carboxylic acids is 1. The van der Waals surface area contributed by atoms with Crippen LogP contribution in [0, 0.1) is 0 Å². The molecule has 100 valence electrons. The smallest absolute Gasteiger partial charge is 0.241 e. The fourth-order valence-corrected chi connectivity index (χ4v) is 2.65. The van der Waals surface area contributed by atoms with E-state index in [0.717, 1.165) is 25.7 Å². The van der Waals surface area contributed by atoms with Crippen LogP contribution in [0.4, 0.5) is 0 Å². The largest absolute Gasteiger partial charge is 0.325 e. The number of hydrogen-bond donors (Lipinski definition) is 1.